The van der Waals surface area contributed by atoms with Crippen LogP contribution in [0.1, 0.15) is 16.1 Å². The van der Waals surface area contributed by atoms with Crippen LogP contribution in [0.4, 0.5) is 5.69 Å². The van der Waals surface area contributed by atoms with Gasteiger partial charge in [-0.25, -0.2) is 0 Å². The molecule has 3 N–H and O–H groups in total. The minimum atomic E-state index is -0.549. The highest BCUT2D eigenvalue weighted by molar-refractivity contribution is 6.24. The van der Waals surface area contributed by atoms with Gasteiger partial charge in [0, 0.05) is 22.9 Å². The number of hydrogen-bond acceptors (Lipinski definition) is 6. The maximum absolute atomic E-state index is 13.1. The largest absolute Gasteiger partial charge is 0.465 e. The number of primary amides is 1. The van der Waals surface area contributed by atoms with Crippen molar-refractivity contribution in [3.05, 3.63) is 84.3 Å². The molecule has 0 bridgehead atoms. The van der Waals surface area contributed by atoms with Crippen molar-refractivity contribution in [2.45, 2.75) is 0 Å². The molecule has 0 unspecified atom stereocenters. The van der Waals surface area contributed by atoms with Gasteiger partial charge in [-0.2, -0.15) is 4.68 Å². The number of nitrogens with one attached hydrogen (secondary N) is 1. The van der Waals surface area contributed by atoms with Gasteiger partial charge in [0.25, 0.3) is 5.91 Å². The van der Waals surface area contributed by atoms with Crippen LogP contribution in [-0.4, -0.2) is 32.0 Å². The lowest BCUT2D eigenvalue weighted by molar-refractivity contribution is -0.111. The molecule has 9 nitrogen and oxygen atoms in total. The minimum Gasteiger partial charge on any atom is -0.465 e. The molecule has 30 heavy (non-hydrogen) atoms. The fraction of sp³-hybridized carbons (Fsp3) is 0. The fourth-order valence-electron chi connectivity index (χ4n) is 2.76. The Hall–Kier alpha value is -4.53. The van der Waals surface area contributed by atoms with E-state index in [-0.39, 0.29) is 5.70 Å². The molecule has 0 spiro atoms. The highest BCUT2D eigenvalue weighted by Crippen LogP contribution is 2.22. The first-order valence-electron chi connectivity index (χ1n) is 8.92. The zero-order valence-electron chi connectivity index (χ0n) is 15.6. The van der Waals surface area contributed by atoms with Crippen molar-refractivity contribution >= 4 is 29.3 Å². The Morgan fingerprint density at radius 3 is 2.43 bits per heavy atom. The van der Waals surface area contributed by atoms with E-state index in [1.54, 1.807) is 24.3 Å². The number of amides is 2. The third-order valence-electron chi connectivity index (χ3n) is 4.21. The molecule has 9 heteroatoms. The summed E-state index contributed by atoms with van der Waals surface area (Å²) in [5.41, 5.74) is 6.96. The van der Waals surface area contributed by atoms with E-state index in [0.717, 1.165) is 5.56 Å². The van der Waals surface area contributed by atoms with Crippen LogP contribution in [0.25, 0.3) is 23.2 Å². The summed E-state index contributed by atoms with van der Waals surface area (Å²) in [6, 6.07) is 18.9. The number of rotatable bonds is 6. The lowest BCUT2D eigenvalue weighted by Gasteiger charge is -2.10. The van der Waals surface area contributed by atoms with Gasteiger partial charge >= 0.3 is 0 Å². The van der Waals surface area contributed by atoms with Crippen LogP contribution in [0.5, 0.6) is 0 Å². The standard InChI is InChI=1S/C21H16N6O3/c22-19(28)14-8-10-16(11-9-14)23-21(29)18(13-17-7-4-12-30-17)27-20(24-25-26-27)15-5-2-1-3-6-15/h1-13H,(H2,22,28)(H,23,29)/b18-13-. The normalized spacial score (nSPS) is 11.3. The third-order valence-corrected chi connectivity index (χ3v) is 4.21. The summed E-state index contributed by atoms with van der Waals surface area (Å²) in [5.74, 6) is -0.165. The first-order valence-corrected chi connectivity index (χ1v) is 8.92. The van der Waals surface area contributed by atoms with Crippen molar-refractivity contribution in [3.8, 4) is 11.4 Å². The van der Waals surface area contributed by atoms with E-state index >= 15 is 0 Å². The molecule has 2 heterocycles. The van der Waals surface area contributed by atoms with E-state index in [1.165, 1.54) is 29.2 Å². The average Bonchev–Trinajstić information content (AvgIpc) is 3.45. The number of tetrazole rings is 1. The number of nitrogens with two attached hydrogens (primary N) is 1. The van der Waals surface area contributed by atoms with Crippen molar-refractivity contribution in [3.63, 3.8) is 0 Å². The monoisotopic (exact) mass is 400 g/mol. The Morgan fingerprint density at radius 2 is 1.77 bits per heavy atom. The highest BCUT2D eigenvalue weighted by Gasteiger charge is 2.20. The molecule has 0 aliphatic rings. The predicted molar refractivity (Wildman–Crippen MR) is 110 cm³/mol. The summed E-state index contributed by atoms with van der Waals surface area (Å²) in [5, 5.41) is 14.6. The van der Waals surface area contributed by atoms with Crippen molar-refractivity contribution < 1.29 is 14.0 Å². The van der Waals surface area contributed by atoms with Gasteiger partial charge in [-0.1, -0.05) is 30.3 Å². The summed E-state index contributed by atoms with van der Waals surface area (Å²) < 4.78 is 6.70. The molecule has 4 aromatic rings. The van der Waals surface area contributed by atoms with Gasteiger partial charge in [-0.3, -0.25) is 9.59 Å². The van der Waals surface area contributed by atoms with Gasteiger partial charge in [-0.05, 0) is 46.8 Å². The second-order valence-corrected chi connectivity index (χ2v) is 6.22. The molecule has 2 amide bonds. The van der Waals surface area contributed by atoms with Gasteiger partial charge in [0.05, 0.1) is 6.26 Å². The molecule has 0 radical (unpaired) electrons. The van der Waals surface area contributed by atoms with E-state index in [2.05, 4.69) is 20.8 Å². The molecule has 0 fully saturated rings. The molecule has 4 rings (SSSR count). The van der Waals surface area contributed by atoms with E-state index in [1.807, 2.05) is 30.3 Å². The Labute approximate surface area is 170 Å². The van der Waals surface area contributed by atoms with Gasteiger partial charge in [0.1, 0.15) is 11.5 Å². The van der Waals surface area contributed by atoms with Gasteiger partial charge in [0.2, 0.25) is 5.91 Å². The van der Waals surface area contributed by atoms with Crippen molar-refractivity contribution in [2.24, 2.45) is 5.73 Å². The average molecular weight is 400 g/mol. The zero-order valence-corrected chi connectivity index (χ0v) is 15.6. The number of carbonyl (C=O) groups excluding carboxylic acids is 2. The summed E-state index contributed by atoms with van der Waals surface area (Å²) >= 11 is 0. The van der Waals surface area contributed by atoms with E-state index in [9.17, 15) is 9.59 Å². The molecule has 0 aliphatic heterocycles. The molecule has 0 aliphatic carbocycles. The van der Waals surface area contributed by atoms with E-state index in [0.29, 0.717) is 22.8 Å². The van der Waals surface area contributed by atoms with Crippen molar-refractivity contribution in [2.75, 3.05) is 5.32 Å². The maximum atomic E-state index is 13.1. The van der Waals surface area contributed by atoms with Crippen molar-refractivity contribution in [1.29, 1.82) is 0 Å². The molecule has 2 aromatic carbocycles. The number of aromatic nitrogens is 4. The smallest absolute Gasteiger partial charge is 0.274 e. The number of nitrogens with zero attached hydrogens (tertiary/aromatic N) is 4. The summed E-state index contributed by atoms with van der Waals surface area (Å²) in [6.45, 7) is 0. The second-order valence-electron chi connectivity index (χ2n) is 6.22. The Morgan fingerprint density at radius 1 is 1.00 bits per heavy atom. The third kappa shape index (κ3) is 3.99. The van der Waals surface area contributed by atoms with Crippen molar-refractivity contribution in [1.82, 2.24) is 20.2 Å². The quantitative estimate of drug-likeness (QED) is 0.479. The van der Waals surface area contributed by atoms with E-state index < -0.39 is 11.8 Å². The lowest BCUT2D eigenvalue weighted by Crippen LogP contribution is -2.19. The highest BCUT2D eigenvalue weighted by atomic mass is 16.3. The first-order chi connectivity index (χ1) is 14.6. The maximum Gasteiger partial charge on any atom is 0.274 e. The number of benzene rings is 2. The minimum absolute atomic E-state index is 0.146. The van der Waals surface area contributed by atoms with Gasteiger partial charge < -0.3 is 15.5 Å². The SMILES string of the molecule is NC(=O)c1ccc(NC(=O)/C(=C/c2ccco2)n2nnnc2-c2ccccc2)cc1. The van der Waals surface area contributed by atoms with Crippen LogP contribution in [0.3, 0.4) is 0 Å². The molecule has 0 atom stereocenters. The summed E-state index contributed by atoms with van der Waals surface area (Å²) in [4.78, 5) is 24.3. The Kier molecular flexibility index (Phi) is 5.16. The van der Waals surface area contributed by atoms with Crippen LogP contribution < -0.4 is 11.1 Å². The van der Waals surface area contributed by atoms with Crippen LogP contribution in [0.15, 0.2) is 77.4 Å². The number of carbonyl (C=O) groups is 2. The summed E-state index contributed by atoms with van der Waals surface area (Å²) in [7, 11) is 0. The molecular formula is C21H16N6O3. The van der Waals surface area contributed by atoms with Crippen LogP contribution >= 0.6 is 0 Å². The van der Waals surface area contributed by atoms with Crippen LogP contribution in [0.2, 0.25) is 0 Å². The zero-order chi connectivity index (χ0) is 20.9. The Bertz CT molecular complexity index is 1200. The fourth-order valence-corrected chi connectivity index (χ4v) is 2.76. The van der Waals surface area contributed by atoms with Crippen LogP contribution in [-0.2, 0) is 4.79 Å². The lowest BCUT2D eigenvalue weighted by atomic mass is 10.2. The number of furan rings is 1. The molecular weight excluding hydrogens is 384 g/mol. The second kappa shape index (κ2) is 8.23. The molecule has 2 aromatic heterocycles. The molecule has 0 saturated heterocycles. The molecule has 0 saturated carbocycles. The molecule has 148 valence electrons. The van der Waals surface area contributed by atoms with Gasteiger partial charge in [-0.15, -0.1) is 5.10 Å². The topological polar surface area (TPSA) is 129 Å². The predicted octanol–water partition coefficient (Wildman–Crippen LogP) is 2.67. The van der Waals surface area contributed by atoms with Gasteiger partial charge in [0.15, 0.2) is 5.82 Å². The Balaban J connectivity index is 1.71. The number of anilines is 1. The first kappa shape index (κ1) is 18.8. The van der Waals surface area contributed by atoms with E-state index in [4.69, 9.17) is 10.2 Å². The summed E-state index contributed by atoms with van der Waals surface area (Å²) in [6.07, 6.45) is 3.04. The number of hydrogen-bond donors (Lipinski definition) is 2. The van der Waals surface area contributed by atoms with Crippen LogP contribution in [0, 0.1) is 0 Å².